The van der Waals surface area contributed by atoms with Gasteiger partial charge in [-0.25, -0.2) is 0 Å². The zero-order valence-electron chi connectivity index (χ0n) is 8.86. The van der Waals surface area contributed by atoms with Crippen LogP contribution in [0.4, 0.5) is 0 Å². The average Bonchev–Trinajstić information content (AvgIpc) is 2.77. The third-order valence-corrected chi connectivity index (χ3v) is 4.57. The number of hydrogen-bond donors (Lipinski definition) is 1. The molecular formula is C11H14BrNO2S. The molecule has 2 rings (SSSR count). The van der Waals surface area contributed by atoms with Gasteiger partial charge in [-0.2, -0.15) is 0 Å². The number of carboxylic acids is 1. The molecule has 3 nitrogen and oxygen atoms in total. The molecule has 2 heterocycles. The van der Waals surface area contributed by atoms with Crippen LogP contribution in [0.1, 0.15) is 24.1 Å². The van der Waals surface area contributed by atoms with Crippen LogP contribution in [0.15, 0.2) is 15.9 Å². The minimum atomic E-state index is -0.690. The molecule has 0 radical (unpaired) electrons. The summed E-state index contributed by atoms with van der Waals surface area (Å²) in [6, 6.07) is 2.33. The van der Waals surface area contributed by atoms with Gasteiger partial charge in [-0.05, 0) is 41.4 Å². The molecule has 1 fully saturated rings. The molecule has 0 amide bonds. The minimum Gasteiger partial charge on any atom is -0.481 e. The molecular weight excluding hydrogens is 290 g/mol. The highest BCUT2D eigenvalue weighted by atomic mass is 79.9. The van der Waals surface area contributed by atoms with Crippen LogP contribution in [0.25, 0.3) is 0 Å². The minimum absolute atomic E-state index is 0.221. The van der Waals surface area contributed by atoms with E-state index in [9.17, 15) is 4.79 Å². The lowest BCUT2D eigenvalue weighted by atomic mass is 10.1. The van der Waals surface area contributed by atoms with Crippen LogP contribution >= 0.6 is 27.3 Å². The van der Waals surface area contributed by atoms with Gasteiger partial charge in [0.25, 0.3) is 0 Å². The number of thiophene rings is 1. The second kappa shape index (κ2) is 5.29. The van der Waals surface area contributed by atoms with Gasteiger partial charge in [0.15, 0.2) is 0 Å². The van der Waals surface area contributed by atoms with E-state index in [0.717, 1.165) is 30.4 Å². The number of halogens is 1. The molecule has 1 aliphatic rings. The molecule has 1 atom stereocenters. The number of likely N-dealkylation sites (tertiary alicyclic amines) is 1. The van der Waals surface area contributed by atoms with E-state index in [1.807, 2.05) is 0 Å². The maximum atomic E-state index is 10.7. The quantitative estimate of drug-likeness (QED) is 0.930. The van der Waals surface area contributed by atoms with Crippen molar-refractivity contribution in [2.45, 2.75) is 31.8 Å². The first kappa shape index (κ1) is 12.1. The van der Waals surface area contributed by atoms with Crippen LogP contribution in [-0.2, 0) is 11.3 Å². The third kappa shape index (κ3) is 3.06. The van der Waals surface area contributed by atoms with E-state index < -0.39 is 5.97 Å². The summed E-state index contributed by atoms with van der Waals surface area (Å²) in [6.07, 6.45) is 2.40. The largest absolute Gasteiger partial charge is 0.481 e. The van der Waals surface area contributed by atoms with E-state index in [1.165, 1.54) is 4.88 Å². The Balaban J connectivity index is 1.95. The van der Waals surface area contributed by atoms with Gasteiger partial charge in [0.2, 0.25) is 0 Å². The zero-order valence-corrected chi connectivity index (χ0v) is 11.3. The number of carbonyl (C=O) groups is 1. The summed E-state index contributed by atoms with van der Waals surface area (Å²) in [4.78, 5) is 14.3. The molecule has 1 N–H and O–H groups in total. The number of hydrogen-bond acceptors (Lipinski definition) is 3. The van der Waals surface area contributed by atoms with Crippen LogP contribution in [0.3, 0.4) is 0 Å². The Bertz CT molecular complexity index is 380. The van der Waals surface area contributed by atoms with Gasteiger partial charge in [-0.15, -0.1) is 11.3 Å². The molecule has 1 saturated heterocycles. The summed E-state index contributed by atoms with van der Waals surface area (Å²) in [7, 11) is 0. The Morgan fingerprint density at radius 3 is 3.12 bits per heavy atom. The van der Waals surface area contributed by atoms with E-state index in [4.69, 9.17) is 5.11 Å². The zero-order chi connectivity index (χ0) is 11.5. The van der Waals surface area contributed by atoms with Crippen LogP contribution in [0, 0.1) is 0 Å². The SMILES string of the molecule is O=C(O)CC1CCCN1Cc1cc(Br)cs1. The van der Waals surface area contributed by atoms with Gasteiger partial charge in [-0.1, -0.05) is 0 Å². The molecule has 0 bridgehead atoms. The van der Waals surface area contributed by atoms with E-state index in [1.54, 1.807) is 11.3 Å². The molecule has 0 aliphatic carbocycles. The third-order valence-electron chi connectivity index (χ3n) is 2.89. The summed E-state index contributed by atoms with van der Waals surface area (Å²) in [5.41, 5.74) is 0. The molecule has 0 saturated carbocycles. The van der Waals surface area contributed by atoms with Crippen molar-refractivity contribution in [2.24, 2.45) is 0 Å². The summed E-state index contributed by atoms with van der Waals surface area (Å²) in [5, 5.41) is 10.9. The van der Waals surface area contributed by atoms with Gasteiger partial charge in [0.05, 0.1) is 6.42 Å². The van der Waals surface area contributed by atoms with Crippen LogP contribution in [-0.4, -0.2) is 28.6 Å². The fourth-order valence-corrected chi connectivity index (χ4v) is 3.65. The molecule has 1 aromatic rings. The van der Waals surface area contributed by atoms with E-state index in [0.29, 0.717) is 0 Å². The first-order chi connectivity index (χ1) is 7.65. The first-order valence-electron chi connectivity index (χ1n) is 5.34. The lowest BCUT2D eigenvalue weighted by Crippen LogP contribution is -2.30. The van der Waals surface area contributed by atoms with Crippen LogP contribution in [0.2, 0.25) is 0 Å². The number of aliphatic carboxylic acids is 1. The molecule has 1 unspecified atom stereocenters. The number of carboxylic acid groups (broad SMARTS) is 1. The van der Waals surface area contributed by atoms with Crippen molar-refractivity contribution in [3.63, 3.8) is 0 Å². The smallest absolute Gasteiger partial charge is 0.304 e. The van der Waals surface area contributed by atoms with Crippen molar-refractivity contribution in [2.75, 3.05) is 6.54 Å². The lowest BCUT2D eigenvalue weighted by molar-refractivity contribution is -0.138. The molecule has 16 heavy (non-hydrogen) atoms. The van der Waals surface area contributed by atoms with Crippen molar-refractivity contribution in [1.29, 1.82) is 0 Å². The van der Waals surface area contributed by atoms with Crippen molar-refractivity contribution in [1.82, 2.24) is 4.90 Å². The van der Waals surface area contributed by atoms with E-state index >= 15 is 0 Å². The van der Waals surface area contributed by atoms with E-state index in [2.05, 4.69) is 32.3 Å². The molecule has 1 aromatic heterocycles. The Morgan fingerprint density at radius 1 is 1.69 bits per heavy atom. The topological polar surface area (TPSA) is 40.5 Å². The highest BCUT2D eigenvalue weighted by Gasteiger charge is 2.26. The summed E-state index contributed by atoms with van der Waals surface area (Å²) >= 11 is 5.16. The fraction of sp³-hybridized carbons (Fsp3) is 0.545. The number of nitrogens with zero attached hydrogens (tertiary/aromatic N) is 1. The number of rotatable bonds is 4. The Kier molecular flexibility index (Phi) is 4.00. The van der Waals surface area contributed by atoms with Crippen LogP contribution in [0.5, 0.6) is 0 Å². The highest BCUT2D eigenvalue weighted by molar-refractivity contribution is 9.10. The standard InChI is InChI=1S/C11H14BrNO2S/c12-8-4-10(16-7-8)6-13-3-1-2-9(13)5-11(14)15/h4,7,9H,1-3,5-6H2,(H,14,15). The average molecular weight is 304 g/mol. The van der Waals surface area contributed by atoms with Gasteiger partial charge < -0.3 is 5.11 Å². The second-order valence-electron chi connectivity index (χ2n) is 4.10. The van der Waals surface area contributed by atoms with Gasteiger partial charge in [0, 0.05) is 27.3 Å². The van der Waals surface area contributed by atoms with Gasteiger partial charge >= 0.3 is 5.97 Å². The lowest BCUT2D eigenvalue weighted by Gasteiger charge is -2.22. The second-order valence-corrected chi connectivity index (χ2v) is 6.01. The fourth-order valence-electron chi connectivity index (χ4n) is 2.17. The summed E-state index contributed by atoms with van der Waals surface area (Å²) in [5.74, 6) is -0.690. The van der Waals surface area contributed by atoms with Crippen molar-refractivity contribution in [3.8, 4) is 0 Å². The van der Waals surface area contributed by atoms with E-state index in [-0.39, 0.29) is 12.5 Å². The van der Waals surface area contributed by atoms with Crippen LogP contribution < -0.4 is 0 Å². The Hall–Kier alpha value is -0.390. The maximum absolute atomic E-state index is 10.7. The van der Waals surface area contributed by atoms with Crippen molar-refractivity contribution in [3.05, 3.63) is 20.8 Å². The highest BCUT2D eigenvalue weighted by Crippen LogP contribution is 2.26. The maximum Gasteiger partial charge on any atom is 0.304 e. The van der Waals surface area contributed by atoms with Gasteiger partial charge in [-0.3, -0.25) is 9.69 Å². The predicted octanol–water partition coefficient (Wildman–Crippen LogP) is 2.95. The van der Waals surface area contributed by atoms with Gasteiger partial charge in [0.1, 0.15) is 0 Å². The Morgan fingerprint density at radius 2 is 2.50 bits per heavy atom. The molecule has 88 valence electrons. The normalized spacial score (nSPS) is 21.4. The summed E-state index contributed by atoms with van der Waals surface area (Å²) < 4.78 is 1.11. The molecule has 0 spiro atoms. The predicted molar refractivity (Wildman–Crippen MR) is 67.7 cm³/mol. The van der Waals surface area contributed by atoms with Crippen molar-refractivity contribution >= 4 is 33.2 Å². The van der Waals surface area contributed by atoms with Crippen molar-refractivity contribution < 1.29 is 9.90 Å². The molecule has 1 aliphatic heterocycles. The summed E-state index contributed by atoms with van der Waals surface area (Å²) in [6.45, 7) is 1.90. The molecule has 0 aromatic carbocycles. The Labute approximate surface area is 107 Å². The monoisotopic (exact) mass is 303 g/mol. The first-order valence-corrected chi connectivity index (χ1v) is 7.01. The molecule has 5 heteroatoms.